The Morgan fingerprint density at radius 1 is 1.37 bits per heavy atom. The summed E-state index contributed by atoms with van der Waals surface area (Å²) in [4.78, 5) is 29.7. The summed E-state index contributed by atoms with van der Waals surface area (Å²) in [6.07, 6.45) is -0.980. The van der Waals surface area contributed by atoms with Gasteiger partial charge in [-0.05, 0) is 26.0 Å². The van der Waals surface area contributed by atoms with Crippen LogP contribution in [-0.4, -0.2) is 28.1 Å². The first-order valence-electron chi connectivity index (χ1n) is 8.07. The van der Waals surface area contributed by atoms with Crippen LogP contribution in [0.2, 0.25) is 0 Å². The normalized spacial score (nSPS) is 11.8. The van der Waals surface area contributed by atoms with E-state index in [9.17, 15) is 9.59 Å². The van der Waals surface area contributed by atoms with E-state index in [4.69, 9.17) is 9.26 Å². The molecule has 0 bridgehead atoms. The predicted molar refractivity (Wildman–Crippen MR) is 103 cm³/mol. The van der Waals surface area contributed by atoms with Crippen molar-refractivity contribution in [2.45, 2.75) is 30.6 Å². The lowest BCUT2D eigenvalue weighted by Gasteiger charge is -2.14. The fourth-order valence-electron chi connectivity index (χ4n) is 2.15. The average molecular weight is 403 g/mol. The zero-order valence-corrected chi connectivity index (χ0v) is 16.3. The molecule has 0 aliphatic rings. The minimum Gasteiger partial charge on any atom is -0.449 e. The Bertz CT molecular complexity index is 924. The lowest BCUT2D eigenvalue weighted by atomic mass is 10.2. The van der Waals surface area contributed by atoms with E-state index < -0.39 is 18.0 Å². The van der Waals surface area contributed by atoms with Crippen molar-refractivity contribution in [1.82, 2.24) is 10.1 Å². The highest BCUT2D eigenvalue weighted by Crippen LogP contribution is 2.27. The third-order valence-corrected chi connectivity index (χ3v) is 5.24. The van der Waals surface area contributed by atoms with Crippen LogP contribution in [0.3, 0.4) is 0 Å². The Hall–Kier alpha value is -2.65. The van der Waals surface area contributed by atoms with Crippen LogP contribution in [0.1, 0.15) is 28.7 Å². The van der Waals surface area contributed by atoms with Gasteiger partial charge in [-0.25, -0.2) is 9.78 Å². The molecular weight excluding hydrogens is 386 g/mol. The minimum absolute atomic E-state index is 0.277. The van der Waals surface area contributed by atoms with Crippen molar-refractivity contribution in [2.75, 3.05) is 5.32 Å². The van der Waals surface area contributed by atoms with Crippen LogP contribution in [0.15, 0.2) is 50.6 Å². The minimum atomic E-state index is -0.980. The zero-order valence-electron chi connectivity index (χ0n) is 14.7. The molecule has 1 amide bonds. The maximum Gasteiger partial charge on any atom is 0.340 e. The van der Waals surface area contributed by atoms with Crippen molar-refractivity contribution < 1.29 is 18.8 Å². The van der Waals surface area contributed by atoms with Gasteiger partial charge in [0.2, 0.25) is 0 Å². The van der Waals surface area contributed by atoms with Crippen LogP contribution < -0.4 is 5.32 Å². The number of anilines is 1. The fourth-order valence-corrected chi connectivity index (χ4v) is 3.76. The van der Waals surface area contributed by atoms with Gasteiger partial charge < -0.3 is 14.6 Å². The Labute approximate surface area is 164 Å². The lowest BCUT2D eigenvalue weighted by Crippen LogP contribution is -2.30. The second kappa shape index (κ2) is 8.83. The molecule has 2 heterocycles. The Morgan fingerprint density at radius 3 is 2.89 bits per heavy atom. The van der Waals surface area contributed by atoms with Gasteiger partial charge in [0.25, 0.3) is 5.91 Å². The van der Waals surface area contributed by atoms with E-state index in [1.165, 1.54) is 30.0 Å². The summed E-state index contributed by atoms with van der Waals surface area (Å²) in [5.41, 5.74) is 3.13. The van der Waals surface area contributed by atoms with Gasteiger partial charge in [0.15, 0.2) is 11.9 Å². The molecule has 3 aromatic rings. The van der Waals surface area contributed by atoms with Gasteiger partial charge in [-0.2, -0.15) is 0 Å². The predicted octanol–water partition coefficient (Wildman–Crippen LogP) is 3.92. The number of aryl methyl sites for hydroxylation is 1. The van der Waals surface area contributed by atoms with Gasteiger partial charge in [-0.3, -0.25) is 4.79 Å². The monoisotopic (exact) mass is 403 g/mol. The molecule has 0 aliphatic carbocycles. The number of amides is 1. The van der Waals surface area contributed by atoms with Crippen LogP contribution >= 0.6 is 23.1 Å². The van der Waals surface area contributed by atoms with E-state index in [-0.39, 0.29) is 5.82 Å². The second-order valence-corrected chi connectivity index (χ2v) is 7.36. The Balaban J connectivity index is 1.62. The molecule has 0 aliphatic heterocycles. The maximum absolute atomic E-state index is 12.5. The van der Waals surface area contributed by atoms with E-state index in [0.29, 0.717) is 17.1 Å². The highest BCUT2D eigenvalue weighted by molar-refractivity contribution is 7.98. The number of carbonyl (C=O) groups is 2. The average Bonchev–Trinajstić information content (AvgIpc) is 3.31. The summed E-state index contributed by atoms with van der Waals surface area (Å²) < 4.78 is 10.2. The quantitative estimate of drug-likeness (QED) is 0.472. The summed E-state index contributed by atoms with van der Waals surface area (Å²) in [6.45, 7) is 3.22. The summed E-state index contributed by atoms with van der Waals surface area (Å²) in [6, 6.07) is 8.71. The van der Waals surface area contributed by atoms with Crippen molar-refractivity contribution in [3.63, 3.8) is 0 Å². The second-order valence-electron chi connectivity index (χ2n) is 5.62. The first-order chi connectivity index (χ1) is 13.0. The number of hydrogen-bond acceptors (Lipinski definition) is 8. The topological polar surface area (TPSA) is 94.3 Å². The summed E-state index contributed by atoms with van der Waals surface area (Å²) >= 11 is 3.02. The van der Waals surface area contributed by atoms with Crippen molar-refractivity contribution in [3.8, 4) is 0 Å². The standard InChI is InChI=1S/C18H17N3O4S2/c1-11-7-16(21-25-11)20-17(22)12(2)24-18(23)14-5-3-4-6-15(14)27-9-13-8-26-10-19-13/h3-8,10,12H,9H2,1-2H3,(H,20,21,22). The van der Waals surface area contributed by atoms with E-state index in [0.717, 1.165) is 10.6 Å². The number of carbonyl (C=O) groups excluding carboxylic acids is 2. The molecule has 1 aromatic carbocycles. The van der Waals surface area contributed by atoms with E-state index in [1.807, 2.05) is 17.5 Å². The molecule has 1 N–H and O–H groups in total. The Kier molecular flexibility index (Phi) is 6.25. The summed E-state index contributed by atoms with van der Waals surface area (Å²) in [5, 5.41) is 8.19. The molecular formula is C18H17N3O4S2. The molecule has 1 atom stereocenters. The van der Waals surface area contributed by atoms with Crippen molar-refractivity contribution in [2.24, 2.45) is 0 Å². The van der Waals surface area contributed by atoms with Gasteiger partial charge in [0, 0.05) is 22.1 Å². The third-order valence-electron chi connectivity index (χ3n) is 3.50. The van der Waals surface area contributed by atoms with Gasteiger partial charge >= 0.3 is 5.97 Å². The lowest BCUT2D eigenvalue weighted by molar-refractivity contribution is -0.123. The largest absolute Gasteiger partial charge is 0.449 e. The molecule has 3 rings (SSSR count). The third kappa shape index (κ3) is 5.18. The van der Waals surface area contributed by atoms with Gasteiger partial charge in [0.1, 0.15) is 5.76 Å². The number of esters is 1. The molecule has 9 heteroatoms. The molecule has 1 unspecified atom stereocenters. The van der Waals surface area contributed by atoms with Crippen molar-refractivity contribution in [3.05, 3.63) is 58.2 Å². The number of benzene rings is 1. The van der Waals surface area contributed by atoms with E-state index >= 15 is 0 Å². The van der Waals surface area contributed by atoms with Crippen LogP contribution in [0.4, 0.5) is 5.82 Å². The van der Waals surface area contributed by atoms with Crippen molar-refractivity contribution >= 4 is 40.8 Å². The number of thioether (sulfide) groups is 1. The number of rotatable bonds is 7. The SMILES string of the molecule is Cc1cc(NC(=O)C(C)OC(=O)c2ccccc2SCc2cscn2)no1. The highest BCUT2D eigenvalue weighted by Gasteiger charge is 2.21. The fraction of sp³-hybridized carbons (Fsp3) is 0.222. The van der Waals surface area contributed by atoms with Crippen molar-refractivity contribution in [1.29, 1.82) is 0 Å². The number of ether oxygens (including phenoxy) is 1. The molecule has 27 heavy (non-hydrogen) atoms. The maximum atomic E-state index is 12.5. The first-order valence-corrected chi connectivity index (χ1v) is 10.00. The smallest absolute Gasteiger partial charge is 0.340 e. The molecule has 0 saturated heterocycles. The Morgan fingerprint density at radius 2 is 2.19 bits per heavy atom. The molecule has 0 radical (unpaired) electrons. The molecule has 140 valence electrons. The van der Waals surface area contributed by atoms with Gasteiger partial charge in [-0.1, -0.05) is 17.3 Å². The summed E-state index contributed by atoms with van der Waals surface area (Å²) in [5.74, 6) is 0.454. The zero-order chi connectivity index (χ0) is 19.2. The van der Waals surface area contributed by atoms with Gasteiger partial charge in [0.05, 0.1) is 16.8 Å². The first kappa shape index (κ1) is 19.1. The molecule has 0 fully saturated rings. The number of hydrogen-bond donors (Lipinski definition) is 1. The molecule has 0 spiro atoms. The number of nitrogens with zero attached hydrogens (tertiary/aromatic N) is 2. The number of nitrogens with one attached hydrogen (secondary N) is 1. The van der Waals surface area contributed by atoms with Gasteiger partial charge in [-0.15, -0.1) is 23.1 Å². The van der Waals surface area contributed by atoms with E-state index in [2.05, 4.69) is 15.5 Å². The van der Waals surface area contributed by atoms with Crippen LogP contribution in [0, 0.1) is 6.92 Å². The van der Waals surface area contributed by atoms with Crippen LogP contribution in [-0.2, 0) is 15.3 Å². The van der Waals surface area contributed by atoms with E-state index in [1.54, 1.807) is 30.6 Å². The number of aromatic nitrogens is 2. The van der Waals surface area contributed by atoms with Crippen LogP contribution in [0.25, 0.3) is 0 Å². The highest BCUT2D eigenvalue weighted by atomic mass is 32.2. The number of thiazole rings is 1. The molecule has 7 nitrogen and oxygen atoms in total. The summed E-state index contributed by atoms with van der Waals surface area (Å²) in [7, 11) is 0. The van der Waals surface area contributed by atoms with Crippen LogP contribution in [0.5, 0.6) is 0 Å². The molecule has 2 aromatic heterocycles. The molecule has 0 saturated carbocycles.